The maximum atomic E-state index is 10.6. The van der Waals surface area contributed by atoms with E-state index in [1.54, 1.807) is 0 Å². The molecule has 1 atom stereocenters. The first kappa shape index (κ1) is 11.9. The van der Waals surface area contributed by atoms with Crippen molar-refractivity contribution in [3.63, 3.8) is 0 Å². The predicted molar refractivity (Wildman–Crippen MR) is 52.1 cm³/mol. The molecule has 1 aliphatic rings. The molecule has 1 fully saturated rings. The van der Waals surface area contributed by atoms with Gasteiger partial charge in [0.1, 0.15) is 0 Å². The Labute approximate surface area is 84.9 Å². The minimum absolute atomic E-state index is 0.201. The van der Waals surface area contributed by atoms with E-state index in [0.29, 0.717) is 6.42 Å². The summed E-state index contributed by atoms with van der Waals surface area (Å²) in [4.78, 5) is 5.26. The predicted octanol–water partition coefficient (Wildman–Crippen LogP) is 0.426. The summed E-state index contributed by atoms with van der Waals surface area (Å²) in [6, 6.07) is 0. The van der Waals surface area contributed by atoms with Crippen molar-refractivity contribution in [2.24, 2.45) is 0 Å². The van der Waals surface area contributed by atoms with Crippen LogP contribution >= 0.6 is 0 Å². The number of nitrogens with one attached hydrogen (secondary N) is 1. The van der Waals surface area contributed by atoms with Crippen molar-refractivity contribution in [2.45, 2.75) is 31.8 Å². The highest BCUT2D eigenvalue weighted by Gasteiger charge is 2.13. The second-order valence-electron chi connectivity index (χ2n) is 3.44. The van der Waals surface area contributed by atoms with Crippen LogP contribution in [0.3, 0.4) is 0 Å². The van der Waals surface area contributed by atoms with E-state index in [0.717, 1.165) is 32.1 Å². The fraction of sp³-hybridized carbons (Fsp3) is 1.00. The number of hydrogen-bond acceptors (Lipinski definition) is 5. The van der Waals surface area contributed by atoms with Crippen LogP contribution in [0.5, 0.6) is 0 Å². The summed E-state index contributed by atoms with van der Waals surface area (Å²) in [7, 11) is -3.28. The topological polar surface area (TPSA) is 64.6 Å². The van der Waals surface area contributed by atoms with E-state index < -0.39 is 10.1 Å². The van der Waals surface area contributed by atoms with Crippen molar-refractivity contribution in [3.8, 4) is 0 Å². The lowest BCUT2D eigenvalue weighted by Crippen LogP contribution is -2.31. The Morgan fingerprint density at radius 1 is 1.57 bits per heavy atom. The van der Waals surface area contributed by atoms with Gasteiger partial charge in [-0.15, -0.1) is 0 Å². The first-order chi connectivity index (χ1) is 6.58. The minimum atomic E-state index is -3.28. The fourth-order valence-corrected chi connectivity index (χ4v) is 1.78. The third kappa shape index (κ3) is 5.54. The molecular formula is C8H17NO4S. The van der Waals surface area contributed by atoms with Gasteiger partial charge in [-0.1, -0.05) is 0 Å². The molecule has 1 rings (SSSR count). The van der Waals surface area contributed by atoms with Crippen LogP contribution in [0.2, 0.25) is 0 Å². The Bertz CT molecular complexity index is 246. The third-order valence-electron chi connectivity index (χ3n) is 2.02. The third-order valence-corrected chi connectivity index (χ3v) is 2.62. The second kappa shape index (κ2) is 5.65. The summed E-state index contributed by atoms with van der Waals surface area (Å²) in [5.41, 5.74) is 2.83. The van der Waals surface area contributed by atoms with Crippen molar-refractivity contribution < 1.29 is 17.4 Å². The van der Waals surface area contributed by atoms with Crippen molar-refractivity contribution in [1.82, 2.24) is 5.48 Å². The Hall–Kier alpha value is -0.170. The lowest BCUT2D eigenvalue weighted by atomic mass is 10.1. The van der Waals surface area contributed by atoms with Crippen LogP contribution in [-0.2, 0) is 19.1 Å². The number of hydrogen-bond donors (Lipinski definition) is 1. The second-order valence-corrected chi connectivity index (χ2v) is 5.09. The molecule has 1 saturated heterocycles. The Morgan fingerprint density at radius 2 is 2.36 bits per heavy atom. The molecule has 1 aliphatic heterocycles. The molecule has 1 heterocycles. The van der Waals surface area contributed by atoms with Crippen LogP contribution in [0.1, 0.15) is 25.7 Å². The maximum Gasteiger partial charge on any atom is 0.264 e. The van der Waals surface area contributed by atoms with Crippen molar-refractivity contribution >= 4 is 10.1 Å². The van der Waals surface area contributed by atoms with Gasteiger partial charge in [0, 0.05) is 6.54 Å². The molecule has 0 amide bonds. The summed E-state index contributed by atoms with van der Waals surface area (Å²) in [5.74, 6) is 0. The molecule has 0 spiro atoms. The number of rotatable bonds is 5. The molecule has 6 heteroatoms. The molecular weight excluding hydrogens is 206 g/mol. The molecule has 14 heavy (non-hydrogen) atoms. The van der Waals surface area contributed by atoms with Gasteiger partial charge in [-0.25, -0.2) is 5.48 Å². The number of hydroxylamine groups is 1. The quantitative estimate of drug-likeness (QED) is 0.541. The van der Waals surface area contributed by atoms with Gasteiger partial charge >= 0.3 is 0 Å². The SMILES string of the molecule is CS(=O)(=O)OCCCC1CCCNO1. The highest BCUT2D eigenvalue weighted by Crippen LogP contribution is 2.11. The van der Waals surface area contributed by atoms with Crippen molar-refractivity contribution in [1.29, 1.82) is 0 Å². The van der Waals surface area contributed by atoms with Gasteiger partial charge in [0.05, 0.1) is 19.0 Å². The van der Waals surface area contributed by atoms with Gasteiger partial charge in [-0.3, -0.25) is 9.02 Å². The van der Waals surface area contributed by atoms with E-state index in [4.69, 9.17) is 4.84 Å². The van der Waals surface area contributed by atoms with E-state index in [-0.39, 0.29) is 12.7 Å². The average molecular weight is 223 g/mol. The van der Waals surface area contributed by atoms with Crippen molar-refractivity contribution in [3.05, 3.63) is 0 Å². The maximum absolute atomic E-state index is 10.6. The molecule has 1 unspecified atom stereocenters. The molecule has 0 bridgehead atoms. The minimum Gasteiger partial charge on any atom is -0.299 e. The summed E-state index contributed by atoms with van der Waals surface area (Å²) in [6.45, 7) is 1.15. The zero-order valence-corrected chi connectivity index (χ0v) is 9.18. The largest absolute Gasteiger partial charge is 0.299 e. The first-order valence-electron chi connectivity index (χ1n) is 4.81. The van der Waals surface area contributed by atoms with Gasteiger partial charge in [0.2, 0.25) is 0 Å². The summed E-state index contributed by atoms with van der Waals surface area (Å²) in [6.07, 6.45) is 4.95. The molecule has 0 aromatic carbocycles. The van der Waals surface area contributed by atoms with Crippen LogP contribution in [-0.4, -0.2) is 33.9 Å². The lowest BCUT2D eigenvalue weighted by Gasteiger charge is -2.22. The van der Waals surface area contributed by atoms with Gasteiger partial charge in [-0.05, 0) is 25.7 Å². The van der Waals surface area contributed by atoms with Crippen LogP contribution < -0.4 is 5.48 Å². The zero-order valence-electron chi connectivity index (χ0n) is 8.36. The first-order valence-corrected chi connectivity index (χ1v) is 6.62. The van der Waals surface area contributed by atoms with E-state index in [1.807, 2.05) is 0 Å². The van der Waals surface area contributed by atoms with E-state index in [9.17, 15) is 8.42 Å². The molecule has 0 aromatic heterocycles. The monoisotopic (exact) mass is 223 g/mol. The van der Waals surface area contributed by atoms with E-state index >= 15 is 0 Å². The molecule has 0 aromatic rings. The molecule has 0 radical (unpaired) electrons. The smallest absolute Gasteiger partial charge is 0.264 e. The summed E-state index contributed by atoms with van der Waals surface area (Å²) < 4.78 is 25.8. The summed E-state index contributed by atoms with van der Waals surface area (Å²) >= 11 is 0. The highest BCUT2D eigenvalue weighted by atomic mass is 32.2. The van der Waals surface area contributed by atoms with Crippen LogP contribution in [0.25, 0.3) is 0 Å². The Balaban J connectivity index is 2.03. The fourth-order valence-electron chi connectivity index (χ4n) is 1.36. The van der Waals surface area contributed by atoms with Crippen LogP contribution in [0, 0.1) is 0 Å². The van der Waals surface area contributed by atoms with E-state index in [2.05, 4.69) is 9.66 Å². The van der Waals surface area contributed by atoms with Gasteiger partial charge < -0.3 is 0 Å². The molecule has 0 aliphatic carbocycles. The normalized spacial score (nSPS) is 23.6. The van der Waals surface area contributed by atoms with Gasteiger partial charge in [0.25, 0.3) is 10.1 Å². The Morgan fingerprint density at radius 3 is 2.93 bits per heavy atom. The Kier molecular flexibility index (Phi) is 4.80. The van der Waals surface area contributed by atoms with E-state index in [1.165, 1.54) is 0 Å². The molecule has 5 nitrogen and oxygen atoms in total. The average Bonchev–Trinajstić information content (AvgIpc) is 2.13. The molecule has 84 valence electrons. The lowest BCUT2D eigenvalue weighted by molar-refractivity contribution is -0.0600. The molecule has 0 saturated carbocycles. The zero-order chi connectivity index (χ0) is 10.4. The summed E-state index contributed by atoms with van der Waals surface area (Å²) in [5, 5.41) is 0. The van der Waals surface area contributed by atoms with Crippen LogP contribution in [0.4, 0.5) is 0 Å². The van der Waals surface area contributed by atoms with Gasteiger partial charge in [0.15, 0.2) is 0 Å². The van der Waals surface area contributed by atoms with Crippen molar-refractivity contribution in [2.75, 3.05) is 19.4 Å². The highest BCUT2D eigenvalue weighted by molar-refractivity contribution is 7.85. The molecule has 1 N–H and O–H groups in total. The van der Waals surface area contributed by atoms with Gasteiger partial charge in [-0.2, -0.15) is 8.42 Å². The van der Waals surface area contributed by atoms with Crippen LogP contribution in [0.15, 0.2) is 0 Å². The standard InChI is InChI=1S/C8H17NO4S/c1-14(10,11)12-7-3-5-8-4-2-6-9-13-8/h8-9H,2-7H2,1H3.